The molecule has 4 aromatic rings. The van der Waals surface area contributed by atoms with Gasteiger partial charge in [0.05, 0.1) is 11.8 Å². The fourth-order valence-corrected chi connectivity index (χ4v) is 3.54. The molecule has 4 heterocycles. The third kappa shape index (κ3) is 3.08. The van der Waals surface area contributed by atoms with Gasteiger partial charge < -0.3 is 20.4 Å². The van der Waals surface area contributed by atoms with E-state index in [-0.39, 0.29) is 0 Å². The smallest absolute Gasteiger partial charge is 0.229 e. The number of furan rings is 1. The van der Waals surface area contributed by atoms with E-state index in [2.05, 4.69) is 36.1 Å². The highest BCUT2D eigenvalue weighted by atomic mass is 16.3. The van der Waals surface area contributed by atoms with Gasteiger partial charge in [0.2, 0.25) is 5.95 Å². The Labute approximate surface area is 155 Å². The molecule has 27 heavy (non-hydrogen) atoms. The van der Waals surface area contributed by atoms with Gasteiger partial charge in [0.25, 0.3) is 0 Å². The van der Waals surface area contributed by atoms with Gasteiger partial charge in [0, 0.05) is 35.4 Å². The Bertz CT molecular complexity index is 1090. The van der Waals surface area contributed by atoms with Crippen LogP contribution in [0.5, 0.6) is 0 Å². The molecule has 1 aromatic carbocycles. The second-order valence-electron chi connectivity index (χ2n) is 6.92. The third-order valence-electron chi connectivity index (χ3n) is 4.94. The number of aromatic nitrogens is 4. The van der Waals surface area contributed by atoms with E-state index in [0.717, 1.165) is 59.5 Å². The molecule has 138 valence electrons. The van der Waals surface area contributed by atoms with E-state index in [1.165, 1.54) is 0 Å². The minimum atomic E-state index is 0.332. The van der Waals surface area contributed by atoms with E-state index in [0.29, 0.717) is 17.6 Å². The standard InChI is InChI=1S/C19H21N7O/c1-11-14-5-4-12(9-16(14)26-25-11)22-19-23-15-6-8-27-17(15)18(24-19)21-13-3-2-7-20-10-13/h4-6,8-9,13,20H,2-3,7,10H2,1H3,(H,25,26)(H2,21,22,23,24)/t13-/m0/s1. The number of nitrogens with zero attached hydrogens (tertiary/aromatic N) is 3. The van der Waals surface area contributed by atoms with E-state index < -0.39 is 0 Å². The van der Waals surface area contributed by atoms with Crippen molar-refractivity contribution >= 4 is 39.5 Å². The van der Waals surface area contributed by atoms with Crippen molar-refractivity contribution in [1.29, 1.82) is 0 Å². The lowest BCUT2D eigenvalue weighted by Crippen LogP contribution is -2.38. The predicted molar refractivity (Wildman–Crippen MR) is 105 cm³/mol. The van der Waals surface area contributed by atoms with Crippen molar-refractivity contribution in [3.63, 3.8) is 0 Å². The van der Waals surface area contributed by atoms with Crippen molar-refractivity contribution in [3.8, 4) is 0 Å². The summed E-state index contributed by atoms with van der Waals surface area (Å²) in [6, 6.07) is 8.22. The second kappa shape index (κ2) is 6.55. The van der Waals surface area contributed by atoms with Gasteiger partial charge >= 0.3 is 0 Å². The summed E-state index contributed by atoms with van der Waals surface area (Å²) in [4.78, 5) is 9.23. The first-order valence-corrected chi connectivity index (χ1v) is 9.20. The minimum absolute atomic E-state index is 0.332. The molecule has 8 heteroatoms. The van der Waals surface area contributed by atoms with Crippen LogP contribution in [0.1, 0.15) is 18.5 Å². The van der Waals surface area contributed by atoms with Crippen LogP contribution in [0.4, 0.5) is 17.5 Å². The van der Waals surface area contributed by atoms with Crippen molar-refractivity contribution in [1.82, 2.24) is 25.5 Å². The maximum atomic E-state index is 5.61. The number of nitrogens with one attached hydrogen (secondary N) is 4. The zero-order chi connectivity index (χ0) is 18.2. The second-order valence-corrected chi connectivity index (χ2v) is 6.92. The summed E-state index contributed by atoms with van der Waals surface area (Å²) >= 11 is 0. The Kier molecular flexibility index (Phi) is 3.90. The first-order valence-electron chi connectivity index (χ1n) is 9.20. The Morgan fingerprint density at radius 2 is 2.15 bits per heavy atom. The summed E-state index contributed by atoms with van der Waals surface area (Å²) in [5.41, 5.74) is 4.32. The van der Waals surface area contributed by atoms with E-state index in [1.807, 2.05) is 31.2 Å². The molecule has 0 spiro atoms. The molecule has 0 saturated carbocycles. The Hall–Kier alpha value is -3.13. The largest absolute Gasteiger partial charge is 0.459 e. The van der Waals surface area contributed by atoms with Crippen LogP contribution in [0.2, 0.25) is 0 Å². The molecule has 0 amide bonds. The van der Waals surface area contributed by atoms with Crippen molar-refractivity contribution in [2.24, 2.45) is 0 Å². The number of piperidine rings is 1. The normalized spacial score (nSPS) is 17.4. The number of anilines is 3. The number of hydrogen-bond donors (Lipinski definition) is 4. The van der Waals surface area contributed by atoms with Crippen LogP contribution in [-0.2, 0) is 0 Å². The Morgan fingerprint density at radius 3 is 3.04 bits per heavy atom. The van der Waals surface area contributed by atoms with Crippen molar-refractivity contribution in [2.75, 3.05) is 23.7 Å². The fraction of sp³-hybridized carbons (Fsp3) is 0.316. The van der Waals surface area contributed by atoms with Gasteiger partial charge in [-0.15, -0.1) is 0 Å². The Morgan fingerprint density at radius 1 is 1.19 bits per heavy atom. The highest BCUT2D eigenvalue weighted by molar-refractivity contribution is 5.87. The van der Waals surface area contributed by atoms with Crippen LogP contribution in [0.25, 0.3) is 22.0 Å². The van der Waals surface area contributed by atoms with Crippen LogP contribution in [0, 0.1) is 6.92 Å². The summed E-state index contributed by atoms with van der Waals surface area (Å²) in [5.74, 6) is 1.25. The first kappa shape index (κ1) is 16.1. The van der Waals surface area contributed by atoms with E-state index >= 15 is 0 Å². The van der Waals surface area contributed by atoms with Gasteiger partial charge in [-0.25, -0.2) is 4.98 Å². The Balaban J connectivity index is 1.46. The van der Waals surface area contributed by atoms with Crippen molar-refractivity contribution in [3.05, 3.63) is 36.2 Å². The average Bonchev–Trinajstić information content (AvgIpc) is 3.30. The molecule has 0 unspecified atom stereocenters. The molecule has 5 rings (SSSR count). The molecular formula is C19H21N7O. The number of hydrogen-bond acceptors (Lipinski definition) is 7. The average molecular weight is 363 g/mol. The van der Waals surface area contributed by atoms with E-state index in [1.54, 1.807) is 6.26 Å². The van der Waals surface area contributed by atoms with E-state index in [4.69, 9.17) is 4.42 Å². The monoisotopic (exact) mass is 363 g/mol. The zero-order valence-electron chi connectivity index (χ0n) is 15.0. The molecule has 1 aliphatic rings. The van der Waals surface area contributed by atoms with Gasteiger partial charge in [-0.05, 0) is 44.5 Å². The third-order valence-corrected chi connectivity index (χ3v) is 4.94. The lowest BCUT2D eigenvalue weighted by molar-refractivity contribution is 0.478. The van der Waals surface area contributed by atoms with Crippen LogP contribution < -0.4 is 16.0 Å². The molecule has 1 aliphatic heterocycles. The molecule has 4 N–H and O–H groups in total. The zero-order valence-corrected chi connectivity index (χ0v) is 15.0. The number of rotatable bonds is 4. The summed E-state index contributed by atoms with van der Waals surface area (Å²) < 4.78 is 5.61. The number of fused-ring (bicyclic) bond motifs is 2. The van der Waals surface area contributed by atoms with Gasteiger partial charge in [-0.1, -0.05) is 0 Å². The fourth-order valence-electron chi connectivity index (χ4n) is 3.54. The highest BCUT2D eigenvalue weighted by Gasteiger charge is 2.17. The maximum Gasteiger partial charge on any atom is 0.229 e. The number of aromatic amines is 1. The van der Waals surface area contributed by atoms with Crippen molar-refractivity contribution < 1.29 is 4.42 Å². The molecule has 1 atom stereocenters. The quantitative estimate of drug-likeness (QED) is 0.441. The minimum Gasteiger partial charge on any atom is -0.459 e. The molecule has 3 aromatic heterocycles. The SMILES string of the molecule is Cc1[nH]nc2cc(Nc3nc(N[C@H]4CCCNC4)c4occc4n3)ccc12. The lowest BCUT2D eigenvalue weighted by Gasteiger charge is -2.24. The number of H-pyrrole nitrogens is 1. The van der Waals surface area contributed by atoms with Crippen LogP contribution in [0.15, 0.2) is 34.9 Å². The summed E-state index contributed by atoms with van der Waals surface area (Å²) in [7, 11) is 0. The van der Waals surface area contributed by atoms with Gasteiger partial charge in [-0.3, -0.25) is 5.10 Å². The topological polar surface area (TPSA) is 104 Å². The highest BCUT2D eigenvalue weighted by Crippen LogP contribution is 2.27. The van der Waals surface area contributed by atoms with Crippen LogP contribution in [-0.4, -0.2) is 39.3 Å². The van der Waals surface area contributed by atoms with Gasteiger partial charge in [-0.2, -0.15) is 10.1 Å². The summed E-state index contributed by atoms with van der Waals surface area (Å²) in [5, 5.41) is 18.6. The summed E-state index contributed by atoms with van der Waals surface area (Å²) in [6.07, 6.45) is 3.90. The van der Waals surface area contributed by atoms with Crippen LogP contribution >= 0.6 is 0 Å². The summed E-state index contributed by atoms with van der Waals surface area (Å²) in [6.45, 7) is 4.00. The van der Waals surface area contributed by atoms with E-state index in [9.17, 15) is 0 Å². The molecule has 0 bridgehead atoms. The molecule has 1 fully saturated rings. The van der Waals surface area contributed by atoms with Crippen molar-refractivity contribution in [2.45, 2.75) is 25.8 Å². The molecule has 8 nitrogen and oxygen atoms in total. The molecular weight excluding hydrogens is 342 g/mol. The molecule has 0 aliphatic carbocycles. The van der Waals surface area contributed by atoms with Gasteiger partial charge in [0.15, 0.2) is 11.4 Å². The molecule has 0 radical (unpaired) electrons. The predicted octanol–water partition coefficient (Wildman–Crippen LogP) is 3.32. The number of benzene rings is 1. The van der Waals surface area contributed by atoms with Crippen LogP contribution in [0.3, 0.4) is 0 Å². The lowest BCUT2D eigenvalue weighted by atomic mass is 10.1. The first-order chi connectivity index (χ1) is 13.3. The molecule has 1 saturated heterocycles. The van der Waals surface area contributed by atoms with Gasteiger partial charge in [0.1, 0.15) is 5.52 Å². The maximum absolute atomic E-state index is 5.61. The number of aryl methyl sites for hydroxylation is 1.